The molecule has 0 saturated heterocycles. The number of hydrogen-bond acceptors (Lipinski definition) is 6. The second-order valence-electron chi connectivity index (χ2n) is 18.3. The Hall–Kier alpha value is -7.44. The molecule has 2 heterocycles. The average Bonchev–Trinajstić information content (AvgIpc) is 3.66. The Morgan fingerprint density at radius 1 is 0.297 bits per heavy atom. The van der Waals surface area contributed by atoms with Crippen LogP contribution in [0, 0.1) is 23.7 Å². The van der Waals surface area contributed by atoms with Crippen LogP contribution in [0.15, 0.2) is 182 Å². The van der Waals surface area contributed by atoms with Crippen molar-refractivity contribution >= 4 is 0 Å². The molecule has 6 nitrogen and oxygen atoms in total. The second kappa shape index (κ2) is 14.8. The zero-order chi connectivity index (χ0) is 42.2. The lowest BCUT2D eigenvalue weighted by molar-refractivity contribution is -0.0399. The Morgan fingerprint density at radius 2 is 0.688 bits per heavy atom. The summed E-state index contributed by atoms with van der Waals surface area (Å²) in [5, 5.41) is 0. The summed E-state index contributed by atoms with van der Waals surface area (Å²) in [4.78, 5) is 30.6. The number of benzene rings is 7. The van der Waals surface area contributed by atoms with Crippen LogP contribution in [0.5, 0.6) is 0 Å². The summed E-state index contributed by atoms with van der Waals surface area (Å²) in [7, 11) is 0. The highest BCUT2D eigenvalue weighted by Gasteiger charge is 2.61. The van der Waals surface area contributed by atoms with E-state index in [1.165, 1.54) is 59.9 Å². The minimum Gasteiger partial charge on any atom is -0.208 e. The monoisotopic (exact) mass is 824 g/mol. The normalized spacial score (nSPS) is 21.2. The van der Waals surface area contributed by atoms with Crippen LogP contribution in [0.3, 0.4) is 0 Å². The van der Waals surface area contributed by atoms with Crippen molar-refractivity contribution < 1.29 is 0 Å². The van der Waals surface area contributed by atoms with Gasteiger partial charge in [0.25, 0.3) is 0 Å². The molecule has 6 heteroatoms. The van der Waals surface area contributed by atoms with Gasteiger partial charge in [0.1, 0.15) is 0 Å². The Balaban J connectivity index is 0.997. The van der Waals surface area contributed by atoms with E-state index in [2.05, 4.69) is 109 Å². The van der Waals surface area contributed by atoms with E-state index >= 15 is 0 Å². The minimum absolute atomic E-state index is 0.0167. The largest absolute Gasteiger partial charge is 0.208 e. The molecule has 4 saturated carbocycles. The Morgan fingerprint density at radius 3 is 1.16 bits per heavy atom. The molecule has 5 aliphatic rings. The van der Waals surface area contributed by atoms with Crippen molar-refractivity contribution in [3.63, 3.8) is 0 Å². The summed E-state index contributed by atoms with van der Waals surface area (Å²) in [6, 6.07) is 64.0. The van der Waals surface area contributed by atoms with E-state index in [4.69, 9.17) is 29.9 Å². The van der Waals surface area contributed by atoms with E-state index in [1.54, 1.807) is 0 Å². The molecule has 7 aromatic carbocycles. The molecule has 5 aliphatic carbocycles. The van der Waals surface area contributed by atoms with Crippen LogP contribution >= 0.6 is 0 Å². The number of rotatable bonds is 7. The zero-order valence-electron chi connectivity index (χ0n) is 35.3. The molecule has 64 heavy (non-hydrogen) atoms. The first-order valence-electron chi connectivity index (χ1n) is 22.8. The molecule has 0 N–H and O–H groups in total. The topological polar surface area (TPSA) is 77.3 Å². The number of nitrogens with zero attached hydrogens (tertiary/aromatic N) is 6. The molecular formula is C58H44N6. The van der Waals surface area contributed by atoms with Gasteiger partial charge in [-0.2, -0.15) is 0 Å². The van der Waals surface area contributed by atoms with Crippen molar-refractivity contribution in [1.29, 1.82) is 0 Å². The molecule has 0 aliphatic heterocycles. The highest BCUT2D eigenvalue weighted by molar-refractivity contribution is 5.95. The fraction of sp³-hybridized carbons (Fsp3) is 0.172. The maximum atomic E-state index is 5.20. The van der Waals surface area contributed by atoms with Crippen molar-refractivity contribution in [3.05, 3.63) is 193 Å². The molecule has 306 valence electrons. The summed E-state index contributed by atoms with van der Waals surface area (Å²) in [6.45, 7) is 0. The second-order valence-corrected chi connectivity index (χ2v) is 18.3. The Kier molecular flexibility index (Phi) is 8.61. The van der Waals surface area contributed by atoms with E-state index in [0.29, 0.717) is 46.8 Å². The molecule has 4 bridgehead atoms. The van der Waals surface area contributed by atoms with Crippen LogP contribution < -0.4 is 0 Å². The molecule has 4 fully saturated rings. The van der Waals surface area contributed by atoms with Gasteiger partial charge in [0, 0.05) is 38.8 Å². The fourth-order valence-electron chi connectivity index (χ4n) is 12.3. The third-order valence-corrected chi connectivity index (χ3v) is 14.8. The van der Waals surface area contributed by atoms with Crippen LogP contribution in [0.1, 0.15) is 43.2 Å². The van der Waals surface area contributed by atoms with Gasteiger partial charge < -0.3 is 0 Å². The van der Waals surface area contributed by atoms with Gasteiger partial charge in [-0.25, -0.2) is 29.9 Å². The molecule has 0 unspecified atom stereocenters. The maximum Gasteiger partial charge on any atom is 0.164 e. The summed E-state index contributed by atoms with van der Waals surface area (Å²) in [5.41, 5.74) is 13.8. The minimum atomic E-state index is -0.0167. The third kappa shape index (κ3) is 6.00. The predicted molar refractivity (Wildman–Crippen MR) is 255 cm³/mol. The summed E-state index contributed by atoms with van der Waals surface area (Å²) in [6.07, 6.45) is 6.67. The number of fused-ring (bicyclic) bond motifs is 3. The quantitative estimate of drug-likeness (QED) is 0.159. The SMILES string of the molecule is c1ccc(-c2nc(-c3ccccc3)nc(-c3cccc(-c4cccc5c4-c4cc(-c6nc(-c7ccccc7)nc(-c7ccccc7)n6)ccc4C54C5CC6CC(C5)CC4C6)c3)n2)cc1. The summed E-state index contributed by atoms with van der Waals surface area (Å²) >= 11 is 0. The number of aromatic nitrogens is 6. The van der Waals surface area contributed by atoms with E-state index < -0.39 is 0 Å². The Bertz CT molecular complexity index is 3080. The van der Waals surface area contributed by atoms with Gasteiger partial charge in [-0.1, -0.05) is 170 Å². The molecule has 2 aromatic heterocycles. The molecular weight excluding hydrogens is 781 g/mol. The molecule has 9 aromatic rings. The molecule has 0 amide bonds. The van der Waals surface area contributed by atoms with E-state index in [9.17, 15) is 0 Å². The first-order valence-corrected chi connectivity index (χ1v) is 22.8. The van der Waals surface area contributed by atoms with Gasteiger partial charge in [-0.3, -0.25) is 0 Å². The van der Waals surface area contributed by atoms with Crippen LogP contribution in [0.2, 0.25) is 0 Å². The first kappa shape index (κ1) is 37.1. The number of hydrogen-bond donors (Lipinski definition) is 0. The fourth-order valence-corrected chi connectivity index (χ4v) is 12.3. The maximum absolute atomic E-state index is 5.20. The van der Waals surface area contributed by atoms with Gasteiger partial charge in [0.15, 0.2) is 34.9 Å². The lowest BCUT2D eigenvalue weighted by Gasteiger charge is -2.61. The molecule has 14 rings (SSSR count). The van der Waals surface area contributed by atoms with Gasteiger partial charge >= 0.3 is 0 Å². The first-order chi connectivity index (χ1) is 31.7. The average molecular weight is 825 g/mol. The van der Waals surface area contributed by atoms with Crippen LogP contribution in [0.4, 0.5) is 0 Å². The van der Waals surface area contributed by atoms with Gasteiger partial charge in [-0.05, 0) is 101 Å². The van der Waals surface area contributed by atoms with Crippen LogP contribution in [-0.2, 0) is 5.41 Å². The molecule has 0 radical (unpaired) electrons. The van der Waals surface area contributed by atoms with Gasteiger partial charge in [0.05, 0.1) is 0 Å². The summed E-state index contributed by atoms with van der Waals surface area (Å²) in [5.74, 6) is 6.94. The standard InChI is InChI=1S/C58H44N6/c1-5-15-38(16-6-1)52-59-53(39-17-7-2-8-18-39)62-56(61-52)43-24-13-23-42(34-43)47-25-14-26-50-51(47)48-35-44(27-28-49(48)58(50)45-30-36-29-37(32-45)33-46(58)31-36)57-63-54(40-19-9-3-10-20-40)60-55(64-57)41-21-11-4-12-22-41/h1-28,34-37,45-46H,29-33H2. The van der Waals surface area contributed by atoms with Crippen molar-refractivity contribution in [1.82, 2.24) is 29.9 Å². The van der Waals surface area contributed by atoms with Crippen LogP contribution in [-0.4, -0.2) is 29.9 Å². The highest BCUT2D eigenvalue weighted by atomic mass is 15.0. The highest BCUT2D eigenvalue weighted by Crippen LogP contribution is 2.70. The molecule has 1 spiro atoms. The summed E-state index contributed by atoms with van der Waals surface area (Å²) < 4.78 is 0. The predicted octanol–water partition coefficient (Wildman–Crippen LogP) is 13.4. The smallest absolute Gasteiger partial charge is 0.164 e. The molecule has 0 atom stereocenters. The van der Waals surface area contributed by atoms with Crippen molar-refractivity contribution in [3.8, 4) is 90.6 Å². The zero-order valence-corrected chi connectivity index (χ0v) is 35.3. The lowest BCUT2D eigenvalue weighted by atomic mass is 9.43. The van der Waals surface area contributed by atoms with E-state index in [0.717, 1.165) is 50.8 Å². The van der Waals surface area contributed by atoms with Gasteiger partial charge in [-0.15, -0.1) is 0 Å². The lowest BCUT2D eigenvalue weighted by Crippen LogP contribution is -2.55. The van der Waals surface area contributed by atoms with Crippen LogP contribution in [0.25, 0.3) is 90.6 Å². The third-order valence-electron chi connectivity index (χ3n) is 14.8. The van der Waals surface area contributed by atoms with Crippen molar-refractivity contribution in [2.24, 2.45) is 23.7 Å². The van der Waals surface area contributed by atoms with Crippen molar-refractivity contribution in [2.45, 2.75) is 37.5 Å². The van der Waals surface area contributed by atoms with Gasteiger partial charge in [0.2, 0.25) is 0 Å². The van der Waals surface area contributed by atoms with Crippen molar-refractivity contribution in [2.75, 3.05) is 0 Å². The van der Waals surface area contributed by atoms with E-state index in [-0.39, 0.29) is 5.41 Å². The Labute approximate surface area is 373 Å². The van der Waals surface area contributed by atoms with E-state index in [1.807, 2.05) is 72.8 Å².